The Kier molecular flexibility index (Phi) is 5.29. The molecule has 1 heterocycles. The molecule has 1 aliphatic heterocycles. The van der Waals surface area contributed by atoms with E-state index < -0.39 is 16.0 Å². The van der Waals surface area contributed by atoms with Gasteiger partial charge in [-0.25, -0.2) is 13.2 Å². The minimum absolute atomic E-state index is 0.115. The Labute approximate surface area is 153 Å². The summed E-state index contributed by atoms with van der Waals surface area (Å²) in [6.45, 7) is 1.11. The number of aromatic carboxylic acids is 1. The second-order valence-electron chi connectivity index (χ2n) is 6.24. The molecule has 0 bridgehead atoms. The highest BCUT2D eigenvalue weighted by Crippen LogP contribution is 2.28. The maximum Gasteiger partial charge on any atom is 0.335 e. The van der Waals surface area contributed by atoms with Crippen LogP contribution in [0.4, 0.5) is 0 Å². The lowest BCUT2D eigenvalue weighted by molar-refractivity contribution is 0.0696. The third-order valence-electron chi connectivity index (χ3n) is 4.53. The molecule has 0 aliphatic carbocycles. The van der Waals surface area contributed by atoms with Crippen LogP contribution in [-0.2, 0) is 10.0 Å². The molecule has 2 aromatic carbocycles. The average Bonchev–Trinajstić information content (AvgIpc) is 2.68. The molecule has 7 heteroatoms. The van der Waals surface area contributed by atoms with Crippen molar-refractivity contribution >= 4 is 16.0 Å². The van der Waals surface area contributed by atoms with E-state index in [4.69, 9.17) is 4.74 Å². The summed E-state index contributed by atoms with van der Waals surface area (Å²) in [5, 5.41) is 9.23. The summed E-state index contributed by atoms with van der Waals surface area (Å²) < 4.78 is 32.1. The first kappa shape index (κ1) is 18.4. The second kappa shape index (κ2) is 7.47. The van der Waals surface area contributed by atoms with Crippen molar-refractivity contribution < 1.29 is 23.1 Å². The van der Waals surface area contributed by atoms with Gasteiger partial charge >= 0.3 is 5.97 Å². The van der Waals surface area contributed by atoms with Crippen LogP contribution in [0.15, 0.2) is 47.4 Å². The maximum atomic E-state index is 12.7. The van der Waals surface area contributed by atoms with E-state index in [9.17, 15) is 18.3 Å². The van der Waals surface area contributed by atoms with Crippen LogP contribution in [0.25, 0.3) is 11.1 Å². The molecule has 1 saturated heterocycles. The Morgan fingerprint density at radius 3 is 2.23 bits per heavy atom. The molecule has 0 atom stereocenters. The summed E-state index contributed by atoms with van der Waals surface area (Å²) in [6.07, 6.45) is 2.84. The molecule has 6 nitrogen and oxygen atoms in total. The zero-order valence-electron chi connectivity index (χ0n) is 14.5. The lowest BCUT2D eigenvalue weighted by atomic mass is 10.0. The van der Waals surface area contributed by atoms with E-state index in [0.717, 1.165) is 24.8 Å². The number of nitrogens with zero attached hydrogens (tertiary/aromatic N) is 1. The normalized spacial score (nSPS) is 15.6. The summed E-state index contributed by atoms with van der Waals surface area (Å²) in [6, 6.07) is 11.2. The maximum absolute atomic E-state index is 12.7. The number of sulfonamides is 1. The first-order chi connectivity index (χ1) is 12.4. The standard InChI is InChI=1S/C19H21NO5S/c1-25-17-12-15(11-16(13-17)19(21)22)14-5-7-18(8-6-14)26(23,24)20-9-3-2-4-10-20/h5-8,11-13H,2-4,9-10H2,1H3,(H,21,22). The quantitative estimate of drug-likeness (QED) is 0.867. The molecule has 0 unspecified atom stereocenters. The van der Waals surface area contributed by atoms with Crippen molar-refractivity contribution in [2.45, 2.75) is 24.2 Å². The van der Waals surface area contributed by atoms with Crippen LogP contribution in [0.5, 0.6) is 5.75 Å². The number of rotatable bonds is 5. The molecular formula is C19H21NO5S. The highest BCUT2D eigenvalue weighted by atomic mass is 32.2. The molecule has 0 spiro atoms. The van der Waals surface area contributed by atoms with Crippen LogP contribution in [0.3, 0.4) is 0 Å². The van der Waals surface area contributed by atoms with Crippen molar-refractivity contribution in [1.29, 1.82) is 0 Å². The van der Waals surface area contributed by atoms with E-state index in [1.807, 2.05) is 0 Å². The van der Waals surface area contributed by atoms with E-state index >= 15 is 0 Å². The lowest BCUT2D eigenvalue weighted by Crippen LogP contribution is -2.35. The van der Waals surface area contributed by atoms with Crippen molar-refractivity contribution in [1.82, 2.24) is 4.31 Å². The number of carboxylic acid groups (broad SMARTS) is 1. The Bertz CT molecular complexity index is 900. The molecule has 0 amide bonds. The molecule has 0 aromatic heterocycles. The molecule has 1 N–H and O–H groups in total. The molecule has 1 fully saturated rings. The molecule has 0 radical (unpaired) electrons. The SMILES string of the molecule is COc1cc(C(=O)O)cc(-c2ccc(S(=O)(=O)N3CCCCC3)cc2)c1. The Balaban J connectivity index is 1.92. The van der Waals surface area contributed by atoms with E-state index in [1.54, 1.807) is 36.4 Å². The second-order valence-corrected chi connectivity index (χ2v) is 8.18. The van der Waals surface area contributed by atoms with Crippen LogP contribution in [-0.4, -0.2) is 44.0 Å². The number of carboxylic acids is 1. The average molecular weight is 375 g/mol. The van der Waals surface area contributed by atoms with Crippen LogP contribution in [0.1, 0.15) is 29.6 Å². The summed E-state index contributed by atoms with van der Waals surface area (Å²) in [5.74, 6) is -0.612. The summed E-state index contributed by atoms with van der Waals surface area (Å²) in [7, 11) is -2.01. The highest BCUT2D eigenvalue weighted by molar-refractivity contribution is 7.89. The van der Waals surface area contributed by atoms with Gasteiger partial charge in [-0.15, -0.1) is 0 Å². The third-order valence-corrected chi connectivity index (χ3v) is 6.44. The van der Waals surface area contributed by atoms with Crippen LogP contribution in [0, 0.1) is 0 Å². The third kappa shape index (κ3) is 3.73. The van der Waals surface area contributed by atoms with E-state index in [2.05, 4.69) is 0 Å². The molecule has 2 aromatic rings. The molecule has 138 valence electrons. The summed E-state index contributed by atoms with van der Waals surface area (Å²) >= 11 is 0. The van der Waals surface area contributed by atoms with Crippen molar-refractivity contribution in [2.75, 3.05) is 20.2 Å². The van der Waals surface area contributed by atoms with Gasteiger partial charge in [0.25, 0.3) is 0 Å². The zero-order valence-corrected chi connectivity index (χ0v) is 15.3. The number of piperidine rings is 1. The van der Waals surface area contributed by atoms with Gasteiger partial charge in [-0.2, -0.15) is 4.31 Å². The molecule has 26 heavy (non-hydrogen) atoms. The number of hydrogen-bond acceptors (Lipinski definition) is 4. The van der Waals surface area contributed by atoms with Crippen molar-refractivity contribution in [3.05, 3.63) is 48.0 Å². The van der Waals surface area contributed by atoms with Crippen molar-refractivity contribution in [3.8, 4) is 16.9 Å². The van der Waals surface area contributed by atoms with Gasteiger partial charge in [0, 0.05) is 13.1 Å². The topological polar surface area (TPSA) is 83.9 Å². The number of ether oxygens (including phenoxy) is 1. The summed E-state index contributed by atoms with van der Waals surface area (Å²) in [4.78, 5) is 11.5. The highest BCUT2D eigenvalue weighted by Gasteiger charge is 2.25. The largest absolute Gasteiger partial charge is 0.497 e. The van der Waals surface area contributed by atoms with Crippen molar-refractivity contribution in [3.63, 3.8) is 0 Å². The fourth-order valence-electron chi connectivity index (χ4n) is 3.08. The Hall–Kier alpha value is -2.38. The fraction of sp³-hybridized carbons (Fsp3) is 0.316. The smallest absolute Gasteiger partial charge is 0.335 e. The van der Waals surface area contributed by atoms with Gasteiger partial charge in [-0.1, -0.05) is 18.6 Å². The van der Waals surface area contributed by atoms with Crippen LogP contribution >= 0.6 is 0 Å². The molecule has 0 saturated carbocycles. The number of hydrogen-bond donors (Lipinski definition) is 1. The minimum atomic E-state index is -3.48. The van der Waals surface area contributed by atoms with Gasteiger partial charge in [-0.05, 0) is 54.3 Å². The number of methoxy groups -OCH3 is 1. The van der Waals surface area contributed by atoms with Crippen molar-refractivity contribution in [2.24, 2.45) is 0 Å². The van der Waals surface area contributed by atoms with Crippen LogP contribution < -0.4 is 4.74 Å². The van der Waals surface area contributed by atoms with Gasteiger partial charge in [-0.3, -0.25) is 0 Å². The van der Waals surface area contributed by atoms with Crippen LogP contribution in [0.2, 0.25) is 0 Å². The van der Waals surface area contributed by atoms with E-state index in [0.29, 0.717) is 24.4 Å². The minimum Gasteiger partial charge on any atom is -0.497 e. The van der Waals surface area contributed by atoms with Gasteiger partial charge in [0.1, 0.15) is 5.75 Å². The van der Waals surface area contributed by atoms with Gasteiger partial charge in [0.2, 0.25) is 10.0 Å². The predicted octanol–water partition coefficient (Wildman–Crippen LogP) is 3.24. The monoisotopic (exact) mass is 375 g/mol. The number of carbonyl (C=O) groups is 1. The molecule has 1 aliphatic rings. The Morgan fingerprint density at radius 2 is 1.65 bits per heavy atom. The van der Waals surface area contributed by atoms with Gasteiger partial charge in [0.15, 0.2) is 0 Å². The molecule has 3 rings (SSSR count). The van der Waals surface area contributed by atoms with E-state index in [-0.39, 0.29) is 10.5 Å². The number of benzene rings is 2. The summed E-state index contributed by atoms with van der Waals surface area (Å²) in [5.41, 5.74) is 1.50. The first-order valence-electron chi connectivity index (χ1n) is 8.45. The zero-order chi connectivity index (χ0) is 18.7. The first-order valence-corrected chi connectivity index (χ1v) is 9.89. The fourth-order valence-corrected chi connectivity index (χ4v) is 4.60. The lowest BCUT2D eigenvalue weighted by Gasteiger charge is -2.25. The Morgan fingerprint density at radius 1 is 1.00 bits per heavy atom. The van der Waals surface area contributed by atoms with Gasteiger partial charge in [0.05, 0.1) is 17.6 Å². The predicted molar refractivity (Wildman–Crippen MR) is 98.0 cm³/mol. The van der Waals surface area contributed by atoms with Gasteiger partial charge < -0.3 is 9.84 Å². The molecular weight excluding hydrogens is 354 g/mol. The van der Waals surface area contributed by atoms with E-state index in [1.165, 1.54) is 17.5 Å².